The smallest absolute Gasteiger partial charge is 0.262 e. The summed E-state index contributed by atoms with van der Waals surface area (Å²) >= 11 is 17.7. The SMILES string of the molecule is Cc1cc(O)c(NC(=O)COc2cc(Cl)c(Cl)cc2Cl)cc1C. The average Bonchev–Trinajstić information content (AvgIpc) is 2.47. The number of carbonyl (C=O) groups excluding carboxylic acids is 1. The number of halogens is 3. The number of aryl methyl sites for hydroxylation is 2. The third kappa shape index (κ3) is 4.44. The molecule has 0 saturated heterocycles. The highest BCUT2D eigenvalue weighted by atomic mass is 35.5. The molecule has 0 radical (unpaired) electrons. The van der Waals surface area contributed by atoms with Gasteiger partial charge in [-0.15, -0.1) is 0 Å². The fraction of sp³-hybridized carbons (Fsp3) is 0.188. The van der Waals surface area contributed by atoms with Gasteiger partial charge in [-0.3, -0.25) is 4.79 Å². The van der Waals surface area contributed by atoms with E-state index in [0.717, 1.165) is 11.1 Å². The second kappa shape index (κ2) is 7.30. The topological polar surface area (TPSA) is 58.6 Å². The Balaban J connectivity index is 2.04. The molecule has 0 aliphatic rings. The van der Waals surface area contributed by atoms with Gasteiger partial charge in [0.25, 0.3) is 5.91 Å². The first-order valence-corrected chi connectivity index (χ1v) is 7.78. The molecule has 0 heterocycles. The number of benzene rings is 2. The molecule has 4 nitrogen and oxygen atoms in total. The van der Waals surface area contributed by atoms with Gasteiger partial charge in [0.1, 0.15) is 11.5 Å². The van der Waals surface area contributed by atoms with Crippen molar-refractivity contribution >= 4 is 46.4 Å². The van der Waals surface area contributed by atoms with E-state index in [1.165, 1.54) is 12.1 Å². The Morgan fingerprint density at radius 2 is 1.65 bits per heavy atom. The van der Waals surface area contributed by atoms with Crippen molar-refractivity contribution in [3.05, 3.63) is 50.5 Å². The van der Waals surface area contributed by atoms with E-state index in [0.29, 0.717) is 10.7 Å². The van der Waals surface area contributed by atoms with Crippen LogP contribution in [0.25, 0.3) is 0 Å². The number of carbonyl (C=O) groups is 1. The van der Waals surface area contributed by atoms with Gasteiger partial charge < -0.3 is 15.2 Å². The predicted octanol–water partition coefficient (Wildman–Crippen LogP) is 4.99. The fourth-order valence-electron chi connectivity index (χ4n) is 1.85. The Kier molecular flexibility index (Phi) is 5.63. The van der Waals surface area contributed by atoms with Crippen molar-refractivity contribution in [1.82, 2.24) is 0 Å². The summed E-state index contributed by atoms with van der Waals surface area (Å²) in [7, 11) is 0. The Morgan fingerprint density at radius 1 is 1.04 bits per heavy atom. The highest BCUT2D eigenvalue weighted by Crippen LogP contribution is 2.34. The van der Waals surface area contributed by atoms with Gasteiger partial charge >= 0.3 is 0 Å². The van der Waals surface area contributed by atoms with Crippen molar-refractivity contribution in [2.24, 2.45) is 0 Å². The molecule has 0 saturated carbocycles. The number of ether oxygens (including phenoxy) is 1. The standard InChI is InChI=1S/C16H14Cl3NO3/c1-8-3-13(14(21)4-9(8)2)20-16(22)7-23-15-6-11(18)10(17)5-12(15)19/h3-6,21H,7H2,1-2H3,(H,20,22). The van der Waals surface area contributed by atoms with E-state index < -0.39 is 5.91 Å². The number of phenolic OH excluding ortho intramolecular Hbond substituents is 1. The Labute approximate surface area is 148 Å². The number of rotatable bonds is 4. The second-order valence-corrected chi connectivity index (χ2v) is 6.21. The minimum atomic E-state index is -0.439. The summed E-state index contributed by atoms with van der Waals surface area (Å²) < 4.78 is 5.33. The fourth-order valence-corrected chi connectivity index (χ4v) is 2.44. The maximum absolute atomic E-state index is 11.9. The molecular formula is C16H14Cl3NO3. The van der Waals surface area contributed by atoms with Crippen LogP contribution in [-0.4, -0.2) is 17.6 Å². The molecule has 0 aromatic heterocycles. The van der Waals surface area contributed by atoms with Crippen molar-refractivity contribution in [3.63, 3.8) is 0 Å². The van der Waals surface area contributed by atoms with E-state index in [1.807, 2.05) is 13.8 Å². The lowest BCUT2D eigenvalue weighted by Crippen LogP contribution is -2.20. The van der Waals surface area contributed by atoms with E-state index in [-0.39, 0.29) is 28.2 Å². The van der Waals surface area contributed by atoms with E-state index >= 15 is 0 Å². The number of hydrogen-bond acceptors (Lipinski definition) is 3. The van der Waals surface area contributed by atoms with Gasteiger partial charge in [0.2, 0.25) is 0 Å². The van der Waals surface area contributed by atoms with Crippen LogP contribution in [0.3, 0.4) is 0 Å². The number of hydrogen-bond donors (Lipinski definition) is 2. The number of phenols is 1. The quantitative estimate of drug-likeness (QED) is 0.585. The molecular weight excluding hydrogens is 361 g/mol. The lowest BCUT2D eigenvalue weighted by Gasteiger charge is -2.12. The summed E-state index contributed by atoms with van der Waals surface area (Å²) in [6, 6.07) is 6.15. The summed E-state index contributed by atoms with van der Waals surface area (Å²) in [6.45, 7) is 3.47. The number of amides is 1. The first-order chi connectivity index (χ1) is 10.8. The maximum atomic E-state index is 11.9. The zero-order valence-electron chi connectivity index (χ0n) is 12.4. The molecule has 0 spiro atoms. The highest BCUT2D eigenvalue weighted by molar-refractivity contribution is 6.43. The second-order valence-electron chi connectivity index (χ2n) is 4.99. The Morgan fingerprint density at radius 3 is 2.35 bits per heavy atom. The van der Waals surface area contributed by atoms with Gasteiger partial charge in [0.05, 0.1) is 20.8 Å². The van der Waals surface area contributed by atoms with Crippen molar-refractivity contribution in [2.75, 3.05) is 11.9 Å². The largest absolute Gasteiger partial charge is 0.506 e. The molecule has 0 atom stereocenters. The number of nitrogens with one attached hydrogen (secondary N) is 1. The van der Waals surface area contributed by atoms with Crippen LogP contribution >= 0.6 is 34.8 Å². The van der Waals surface area contributed by atoms with Gasteiger partial charge in [-0.1, -0.05) is 34.8 Å². The van der Waals surface area contributed by atoms with E-state index in [2.05, 4.69) is 5.32 Å². The molecule has 23 heavy (non-hydrogen) atoms. The van der Waals surface area contributed by atoms with Crippen molar-refractivity contribution in [1.29, 1.82) is 0 Å². The number of aromatic hydroxyl groups is 1. The van der Waals surface area contributed by atoms with Crippen LogP contribution < -0.4 is 10.1 Å². The third-order valence-corrected chi connectivity index (χ3v) is 4.24. The minimum absolute atomic E-state index is 0.00554. The van der Waals surface area contributed by atoms with Crippen molar-refractivity contribution in [2.45, 2.75) is 13.8 Å². The summed E-state index contributed by atoms with van der Waals surface area (Å²) in [6.07, 6.45) is 0. The highest BCUT2D eigenvalue weighted by Gasteiger charge is 2.12. The molecule has 2 aromatic carbocycles. The first kappa shape index (κ1) is 17.7. The zero-order valence-corrected chi connectivity index (χ0v) is 14.7. The van der Waals surface area contributed by atoms with Crippen LogP contribution in [0.4, 0.5) is 5.69 Å². The third-order valence-electron chi connectivity index (χ3n) is 3.22. The molecule has 2 N–H and O–H groups in total. The van der Waals surface area contributed by atoms with Gasteiger partial charge in [0.15, 0.2) is 6.61 Å². The van der Waals surface area contributed by atoms with Gasteiger partial charge in [-0.05, 0) is 43.2 Å². The van der Waals surface area contributed by atoms with Crippen molar-refractivity contribution < 1.29 is 14.6 Å². The molecule has 0 bridgehead atoms. The molecule has 7 heteroatoms. The number of anilines is 1. The normalized spacial score (nSPS) is 10.5. The molecule has 122 valence electrons. The lowest BCUT2D eigenvalue weighted by atomic mass is 10.1. The molecule has 0 aliphatic heterocycles. The lowest BCUT2D eigenvalue weighted by molar-refractivity contribution is -0.118. The molecule has 2 aromatic rings. The monoisotopic (exact) mass is 373 g/mol. The van der Waals surface area contributed by atoms with Crippen molar-refractivity contribution in [3.8, 4) is 11.5 Å². The Hall–Kier alpha value is -1.62. The van der Waals surface area contributed by atoms with Crippen LogP contribution in [0.5, 0.6) is 11.5 Å². The van der Waals surface area contributed by atoms with Gasteiger partial charge in [-0.25, -0.2) is 0 Å². The van der Waals surface area contributed by atoms with Crippen LogP contribution in [0, 0.1) is 13.8 Å². The Bertz CT molecular complexity index is 763. The average molecular weight is 375 g/mol. The van der Waals surface area contributed by atoms with Crippen LogP contribution in [-0.2, 0) is 4.79 Å². The van der Waals surface area contributed by atoms with Gasteiger partial charge in [0, 0.05) is 6.07 Å². The molecule has 0 unspecified atom stereocenters. The van der Waals surface area contributed by atoms with Gasteiger partial charge in [-0.2, -0.15) is 0 Å². The molecule has 1 amide bonds. The molecule has 0 fully saturated rings. The van der Waals surface area contributed by atoms with E-state index in [9.17, 15) is 9.90 Å². The van der Waals surface area contributed by atoms with Crippen LogP contribution in [0.1, 0.15) is 11.1 Å². The predicted molar refractivity (Wildman–Crippen MR) is 93.2 cm³/mol. The molecule has 2 rings (SSSR count). The van der Waals surface area contributed by atoms with Crippen LogP contribution in [0.15, 0.2) is 24.3 Å². The summed E-state index contributed by atoms with van der Waals surface area (Å²) in [4.78, 5) is 11.9. The summed E-state index contributed by atoms with van der Waals surface area (Å²) in [5.74, 6) is -0.194. The summed E-state index contributed by atoms with van der Waals surface area (Å²) in [5, 5.41) is 13.3. The maximum Gasteiger partial charge on any atom is 0.262 e. The summed E-state index contributed by atoms with van der Waals surface area (Å²) in [5.41, 5.74) is 2.20. The van der Waals surface area contributed by atoms with Crippen LogP contribution in [0.2, 0.25) is 15.1 Å². The minimum Gasteiger partial charge on any atom is -0.506 e. The molecule has 0 aliphatic carbocycles. The zero-order chi connectivity index (χ0) is 17.1. The first-order valence-electron chi connectivity index (χ1n) is 6.65. The van der Waals surface area contributed by atoms with E-state index in [4.69, 9.17) is 39.5 Å². The van der Waals surface area contributed by atoms with E-state index in [1.54, 1.807) is 12.1 Å².